The Morgan fingerprint density at radius 3 is 0.400 bits per heavy atom. The molecule has 0 aliphatic rings. The van der Waals surface area contributed by atoms with Gasteiger partial charge in [0.05, 0.1) is 0 Å². The van der Waals surface area contributed by atoms with Crippen LogP contribution in [0.4, 0.5) is 0 Å². The van der Waals surface area contributed by atoms with Gasteiger partial charge in [-0.05, 0) is 0 Å². The standard InChI is InChI=1S/7BrH.2Ir.H2O/h7*1H;;;1H2/q;;;;;;;;+3;/p-7. The van der Waals surface area contributed by atoms with Gasteiger partial charge in [0, 0.05) is 20.1 Å². The second-order valence-electron chi connectivity index (χ2n) is 0. The fourth-order valence-electron chi connectivity index (χ4n) is 0. The van der Waals surface area contributed by atoms with E-state index in [-0.39, 0.29) is 165 Å². The van der Waals surface area contributed by atoms with E-state index in [4.69, 9.17) is 0 Å². The van der Waals surface area contributed by atoms with E-state index in [1.807, 2.05) is 0 Å². The normalized spacial score (nSPS) is 0. The van der Waals surface area contributed by atoms with Crippen molar-refractivity contribution in [3.05, 3.63) is 0 Å². The Morgan fingerprint density at radius 1 is 0.400 bits per heavy atom. The van der Waals surface area contributed by atoms with Gasteiger partial charge in [-0.25, -0.2) is 0 Å². The fraction of sp³-hybridized carbons (Fsp3) is 0. The minimum atomic E-state index is 0. The minimum absolute atomic E-state index is 0. The van der Waals surface area contributed by atoms with Crippen molar-refractivity contribution in [2.24, 2.45) is 0 Å². The summed E-state index contributed by atoms with van der Waals surface area (Å²) in [5.74, 6) is 0. The van der Waals surface area contributed by atoms with Gasteiger partial charge in [-0.1, -0.05) is 0 Å². The smallest absolute Gasteiger partial charge is 1.00 e. The topological polar surface area (TPSA) is 31.5 Å². The van der Waals surface area contributed by atoms with E-state index in [0.29, 0.717) is 0 Å². The van der Waals surface area contributed by atoms with E-state index in [1.54, 1.807) is 0 Å². The number of hydrogen-bond acceptors (Lipinski definition) is 0. The molecule has 10 heavy (non-hydrogen) atoms. The Morgan fingerprint density at radius 2 is 0.400 bits per heavy atom. The van der Waals surface area contributed by atoms with Crippen molar-refractivity contribution in [3.63, 3.8) is 0 Å². The molecular formula is H2Br7Ir2O-4. The molecule has 0 fully saturated rings. The summed E-state index contributed by atoms with van der Waals surface area (Å²) in [6.45, 7) is 0. The Labute approximate surface area is 161 Å². The van der Waals surface area contributed by atoms with Crippen LogP contribution in [-0.2, 0) is 40.2 Å². The molecule has 79 valence electrons. The molecule has 0 rings (SSSR count). The molecule has 0 spiro atoms. The van der Waals surface area contributed by atoms with E-state index in [1.165, 1.54) is 0 Å². The van der Waals surface area contributed by atoms with Crippen molar-refractivity contribution in [1.29, 1.82) is 0 Å². The van der Waals surface area contributed by atoms with E-state index in [2.05, 4.69) is 0 Å². The molecule has 0 aliphatic heterocycles. The second kappa shape index (κ2) is 102. The van der Waals surface area contributed by atoms with E-state index in [0.717, 1.165) is 0 Å². The molecule has 0 amide bonds. The van der Waals surface area contributed by atoms with E-state index < -0.39 is 0 Å². The average molecular weight is 962 g/mol. The SMILES string of the molecule is O.[Br-].[Br-].[Br-].[Br-].[Br-].[Br-].[Br-].[Ir+3].[Ir]. The summed E-state index contributed by atoms with van der Waals surface area (Å²) in [7, 11) is 0. The van der Waals surface area contributed by atoms with Gasteiger partial charge in [-0.3, -0.25) is 0 Å². The molecule has 0 heterocycles. The van der Waals surface area contributed by atoms with Crippen LogP contribution in [0.5, 0.6) is 0 Å². The van der Waals surface area contributed by atoms with Crippen LogP contribution >= 0.6 is 0 Å². The zero-order chi connectivity index (χ0) is 0. The van der Waals surface area contributed by atoms with Gasteiger partial charge in [-0.15, -0.1) is 0 Å². The van der Waals surface area contributed by atoms with Crippen molar-refractivity contribution in [1.82, 2.24) is 0 Å². The number of halogens is 7. The molecule has 2 N–H and O–H groups in total. The zero-order valence-corrected chi connectivity index (χ0v) is 19.7. The Hall–Kier alpha value is 4.62. The molecule has 0 aromatic heterocycles. The predicted octanol–water partition coefficient (Wildman–Crippen LogP) is -21.8. The van der Waals surface area contributed by atoms with Crippen LogP contribution < -0.4 is 119 Å². The van der Waals surface area contributed by atoms with Crippen molar-refractivity contribution in [2.75, 3.05) is 0 Å². The summed E-state index contributed by atoms with van der Waals surface area (Å²) in [6, 6.07) is 0. The molecule has 0 aliphatic carbocycles. The molecular weight excluding hydrogens is 960 g/mol. The van der Waals surface area contributed by atoms with Crippen LogP contribution in [0.1, 0.15) is 0 Å². The van der Waals surface area contributed by atoms with Gasteiger partial charge in [0.2, 0.25) is 0 Å². The molecule has 0 aromatic rings. The van der Waals surface area contributed by atoms with Crippen LogP contribution in [0.3, 0.4) is 0 Å². The first-order valence-electron chi connectivity index (χ1n) is 0. The molecule has 0 aromatic carbocycles. The van der Waals surface area contributed by atoms with Gasteiger partial charge in [0.15, 0.2) is 0 Å². The maximum absolute atomic E-state index is 0. The van der Waals surface area contributed by atoms with Crippen LogP contribution in [-0.4, -0.2) is 5.48 Å². The second-order valence-corrected chi connectivity index (χ2v) is 0. The summed E-state index contributed by atoms with van der Waals surface area (Å²) < 4.78 is 0. The first kappa shape index (κ1) is 127. The quantitative estimate of drug-likeness (QED) is 0.232. The first-order valence-corrected chi connectivity index (χ1v) is 0. The van der Waals surface area contributed by atoms with Gasteiger partial charge in [0.25, 0.3) is 0 Å². The molecule has 10 heteroatoms. The number of rotatable bonds is 0. The molecule has 1 radical (unpaired) electrons. The van der Waals surface area contributed by atoms with Crippen LogP contribution in [0.15, 0.2) is 0 Å². The third-order valence-corrected chi connectivity index (χ3v) is 0. The maximum Gasteiger partial charge on any atom is 3.00 e. The average Bonchev–Trinajstić information content (AvgIpc) is 0. The van der Waals surface area contributed by atoms with Gasteiger partial charge >= 0.3 is 20.1 Å². The summed E-state index contributed by atoms with van der Waals surface area (Å²) in [5.41, 5.74) is 0. The van der Waals surface area contributed by atoms with Gasteiger partial charge < -0.3 is 124 Å². The van der Waals surface area contributed by atoms with Crippen molar-refractivity contribution < 1.29 is 165 Å². The largest absolute Gasteiger partial charge is 3.00 e. The Kier molecular flexibility index (Phi) is 1290. The third kappa shape index (κ3) is 79.9. The van der Waals surface area contributed by atoms with E-state index >= 15 is 0 Å². The summed E-state index contributed by atoms with van der Waals surface area (Å²) >= 11 is 0. The predicted molar refractivity (Wildman–Crippen MR) is 3.61 cm³/mol. The molecule has 0 bridgehead atoms. The first-order chi connectivity index (χ1) is 0. The Bertz CT molecular complexity index is 11.6. The minimum Gasteiger partial charge on any atom is -1.00 e. The van der Waals surface area contributed by atoms with Crippen molar-refractivity contribution in [2.45, 2.75) is 0 Å². The van der Waals surface area contributed by atoms with Gasteiger partial charge in [-0.2, -0.15) is 0 Å². The van der Waals surface area contributed by atoms with Crippen LogP contribution in [0.25, 0.3) is 0 Å². The fourth-order valence-corrected chi connectivity index (χ4v) is 0. The van der Waals surface area contributed by atoms with Gasteiger partial charge in [0.1, 0.15) is 0 Å². The maximum atomic E-state index is 0. The van der Waals surface area contributed by atoms with Crippen LogP contribution in [0.2, 0.25) is 0 Å². The molecule has 0 saturated heterocycles. The summed E-state index contributed by atoms with van der Waals surface area (Å²) in [6.07, 6.45) is 0. The van der Waals surface area contributed by atoms with Crippen LogP contribution in [0, 0.1) is 0 Å². The monoisotopic (exact) mass is 956 g/mol. The zero-order valence-electron chi connectivity index (χ0n) is 3.81. The third-order valence-electron chi connectivity index (χ3n) is 0. The molecule has 0 unspecified atom stereocenters. The van der Waals surface area contributed by atoms with E-state index in [9.17, 15) is 0 Å². The Balaban J connectivity index is 0. The molecule has 0 atom stereocenters. The molecule has 1 nitrogen and oxygen atoms in total. The number of hydrogen-bond donors (Lipinski definition) is 0. The summed E-state index contributed by atoms with van der Waals surface area (Å²) in [4.78, 5) is 0. The molecule has 0 saturated carbocycles. The van der Waals surface area contributed by atoms with Crippen molar-refractivity contribution in [3.8, 4) is 0 Å². The van der Waals surface area contributed by atoms with Crippen molar-refractivity contribution >= 4 is 0 Å². The summed E-state index contributed by atoms with van der Waals surface area (Å²) in [5, 5.41) is 0.